The molecule has 0 amide bonds. The van der Waals surface area contributed by atoms with E-state index in [1.807, 2.05) is 12.1 Å². The van der Waals surface area contributed by atoms with E-state index in [4.69, 9.17) is 0 Å². The van der Waals surface area contributed by atoms with Crippen LogP contribution in [0.15, 0.2) is 42.5 Å². The first-order chi connectivity index (χ1) is 8.36. The maximum atomic E-state index is 9.47. The van der Waals surface area contributed by atoms with Crippen LogP contribution in [0.5, 0.6) is 0 Å². The summed E-state index contributed by atoms with van der Waals surface area (Å²) in [5.74, 6) is 0. The number of benzene rings is 2. The molecule has 2 nitrogen and oxygen atoms in total. The lowest BCUT2D eigenvalue weighted by molar-refractivity contribution is 0.283. The summed E-state index contributed by atoms with van der Waals surface area (Å²) in [6.45, 7) is 3.15. The van der Waals surface area contributed by atoms with Gasteiger partial charge in [0.2, 0.25) is 0 Å². The molecule has 0 fully saturated rings. The van der Waals surface area contributed by atoms with Crippen LogP contribution in [0.2, 0.25) is 0 Å². The van der Waals surface area contributed by atoms with Crippen molar-refractivity contribution in [3.8, 4) is 0 Å². The van der Waals surface area contributed by atoms with Crippen molar-refractivity contribution in [3.63, 3.8) is 0 Å². The Labute approximate surface area is 100 Å². The fourth-order valence-electron chi connectivity index (χ4n) is 2.64. The molecular formula is C15H15NO. The molecule has 0 atom stereocenters. The first-order valence-electron chi connectivity index (χ1n) is 5.96. The number of nitrogens with zero attached hydrogens (tertiary/aromatic N) is 1. The molecule has 1 heterocycles. The molecule has 0 aliphatic rings. The zero-order valence-corrected chi connectivity index (χ0v) is 9.85. The number of hydrogen-bond donors (Lipinski definition) is 1. The number of rotatable bonds is 2. The third kappa shape index (κ3) is 1.38. The second kappa shape index (κ2) is 3.90. The summed E-state index contributed by atoms with van der Waals surface area (Å²) in [5.41, 5.74) is 3.41. The van der Waals surface area contributed by atoms with Gasteiger partial charge in [0.05, 0.1) is 12.1 Å². The minimum atomic E-state index is 0.0909. The van der Waals surface area contributed by atoms with E-state index in [1.54, 1.807) is 0 Å². The van der Waals surface area contributed by atoms with Gasteiger partial charge in [0.1, 0.15) is 0 Å². The number of hydrogen-bond acceptors (Lipinski definition) is 1. The van der Waals surface area contributed by atoms with Crippen LogP contribution in [-0.2, 0) is 13.2 Å². The van der Waals surface area contributed by atoms with Gasteiger partial charge in [0, 0.05) is 28.4 Å². The highest BCUT2D eigenvalue weighted by Crippen LogP contribution is 2.30. The van der Waals surface area contributed by atoms with Gasteiger partial charge in [0.15, 0.2) is 0 Å². The molecule has 3 rings (SSSR count). The van der Waals surface area contributed by atoms with Crippen molar-refractivity contribution in [2.45, 2.75) is 20.1 Å². The van der Waals surface area contributed by atoms with Crippen molar-refractivity contribution in [2.75, 3.05) is 0 Å². The maximum absolute atomic E-state index is 9.47. The Balaban J connectivity index is 2.58. The standard InChI is InChI=1S/C15H15NO/c1-2-16-14-9-4-3-7-12(14)13-8-5-6-11(10-17)15(13)16/h3-9,17H,2,10H2,1H3. The molecule has 86 valence electrons. The minimum absolute atomic E-state index is 0.0909. The van der Waals surface area contributed by atoms with E-state index in [9.17, 15) is 5.11 Å². The maximum Gasteiger partial charge on any atom is 0.0702 e. The van der Waals surface area contributed by atoms with Gasteiger partial charge in [0.25, 0.3) is 0 Å². The van der Waals surface area contributed by atoms with Crippen LogP contribution in [0.25, 0.3) is 21.8 Å². The quantitative estimate of drug-likeness (QED) is 0.711. The van der Waals surface area contributed by atoms with Crippen LogP contribution in [-0.4, -0.2) is 9.67 Å². The number of aryl methyl sites for hydroxylation is 1. The third-order valence-corrected chi connectivity index (χ3v) is 3.36. The Hall–Kier alpha value is -1.80. The van der Waals surface area contributed by atoms with Crippen LogP contribution in [0.1, 0.15) is 12.5 Å². The van der Waals surface area contributed by atoms with Gasteiger partial charge in [-0.2, -0.15) is 0 Å². The second-order valence-corrected chi connectivity index (χ2v) is 4.23. The van der Waals surface area contributed by atoms with Crippen molar-refractivity contribution >= 4 is 21.8 Å². The summed E-state index contributed by atoms with van der Waals surface area (Å²) in [5, 5.41) is 12.0. The van der Waals surface area contributed by atoms with Crippen LogP contribution in [0.4, 0.5) is 0 Å². The number of aromatic nitrogens is 1. The van der Waals surface area contributed by atoms with Gasteiger partial charge in [-0.1, -0.05) is 36.4 Å². The Kier molecular flexibility index (Phi) is 2.37. The molecule has 1 aromatic heterocycles. The monoisotopic (exact) mass is 225 g/mol. The van der Waals surface area contributed by atoms with Gasteiger partial charge in [-0.05, 0) is 13.0 Å². The van der Waals surface area contributed by atoms with E-state index in [-0.39, 0.29) is 6.61 Å². The predicted octanol–water partition coefficient (Wildman–Crippen LogP) is 3.31. The molecule has 3 aromatic rings. The minimum Gasteiger partial charge on any atom is -0.392 e. The molecule has 0 spiro atoms. The smallest absolute Gasteiger partial charge is 0.0702 e. The number of fused-ring (bicyclic) bond motifs is 3. The topological polar surface area (TPSA) is 25.2 Å². The number of aliphatic hydroxyl groups excluding tert-OH is 1. The summed E-state index contributed by atoms with van der Waals surface area (Å²) in [6, 6.07) is 14.5. The Morgan fingerprint density at radius 2 is 1.76 bits per heavy atom. The highest BCUT2D eigenvalue weighted by Gasteiger charge is 2.11. The Morgan fingerprint density at radius 3 is 2.53 bits per heavy atom. The third-order valence-electron chi connectivity index (χ3n) is 3.36. The largest absolute Gasteiger partial charge is 0.392 e. The lowest BCUT2D eigenvalue weighted by Crippen LogP contribution is -1.96. The van der Waals surface area contributed by atoms with E-state index in [2.05, 4.69) is 41.8 Å². The van der Waals surface area contributed by atoms with Crippen molar-refractivity contribution in [1.29, 1.82) is 0 Å². The molecule has 0 bridgehead atoms. The summed E-state index contributed by atoms with van der Waals surface area (Å²) in [7, 11) is 0. The summed E-state index contributed by atoms with van der Waals surface area (Å²) < 4.78 is 2.27. The molecule has 1 N–H and O–H groups in total. The van der Waals surface area contributed by atoms with Gasteiger partial charge in [-0.3, -0.25) is 0 Å². The van der Waals surface area contributed by atoms with Gasteiger partial charge >= 0.3 is 0 Å². The zero-order valence-electron chi connectivity index (χ0n) is 9.85. The molecule has 0 saturated carbocycles. The molecular weight excluding hydrogens is 210 g/mol. The fourth-order valence-corrected chi connectivity index (χ4v) is 2.64. The molecule has 0 aliphatic heterocycles. The van der Waals surface area contributed by atoms with Crippen molar-refractivity contribution in [3.05, 3.63) is 48.0 Å². The van der Waals surface area contributed by atoms with Crippen LogP contribution in [0.3, 0.4) is 0 Å². The molecule has 0 unspecified atom stereocenters. The van der Waals surface area contributed by atoms with Crippen LogP contribution < -0.4 is 0 Å². The first-order valence-corrected chi connectivity index (χ1v) is 5.96. The normalized spacial score (nSPS) is 11.4. The lowest BCUT2D eigenvalue weighted by Gasteiger charge is -2.06. The second-order valence-electron chi connectivity index (χ2n) is 4.23. The Bertz CT molecular complexity index is 682. The molecule has 2 aromatic carbocycles. The summed E-state index contributed by atoms with van der Waals surface area (Å²) in [6.07, 6.45) is 0. The molecule has 17 heavy (non-hydrogen) atoms. The predicted molar refractivity (Wildman–Crippen MR) is 71.0 cm³/mol. The average Bonchev–Trinajstić information content (AvgIpc) is 2.72. The van der Waals surface area contributed by atoms with Crippen molar-refractivity contribution < 1.29 is 5.11 Å². The SMILES string of the molecule is CCn1c2ccccc2c2cccc(CO)c21. The molecule has 2 heteroatoms. The van der Waals surface area contributed by atoms with Crippen molar-refractivity contribution in [1.82, 2.24) is 4.57 Å². The van der Waals surface area contributed by atoms with Gasteiger partial charge in [-0.15, -0.1) is 0 Å². The van der Waals surface area contributed by atoms with E-state index in [0.717, 1.165) is 12.1 Å². The van der Waals surface area contributed by atoms with E-state index in [1.165, 1.54) is 21.8 Å². The number of para-hydroxylation sites is 2. The fraction of sp³-hybridized carbons (Fsp3) is 0.200. The van der Waals surface area contributed by atoms with Gasteiger partial charge in [-0.25, -0.2) is 0 Å². The summed E-state index contributed by atoms with van der Waals surface area (Å²) in [4.78, 5) is 0. The van der Waals surface area contributed by atoms with Crippen LogP contribution in [0, 0.1) is 0 Å². The van der Waals surface area contributed by atoms with Gasteiger partial charge < -0.3 is 9.67 Å². The number of aliphatic hydroxyl groups is 1. The lowest BCUT2D eigenvalue weighted by atomic mass is 10.1. The molecule has 0 radical (unpaired) electrons. The highest BCUT2D eigenvalue weighted by atomic mass is 16.3. The van der Waals surface area contributed by atoms with E-state index in [0.29, 0.717) is 0 Å². The zero-order chi connectivity index (χ0) is 11.8. The average molecular weight is 225 g/mol. The Morgan fingerprint density at radius 1 is 1.00 bits per heavy atom. The molecule has 0 saturated heterocycles. The van der Waals surface area contributed by atoms with E-state index < -0.39 is 0 Å². The van der Waals surface area contributed by atoms with Crippen molar-refractivity contribution in [2.24, 2.45) is 0 Å². The summed E-state index contributed by atoms with van der Waals surface area (Å²) >= 11 is 0. The first kappa shape index (κ1) is 10.4. The molecule has 0 aliphatic carbocycles. The van der Waals surface area contributed by atoms with Crippen LogP contribution >= 0.6 is 0 Å². The highest BCUT2D eigenvalue weighted by molar-refractivity contribution is 6.09. The van der Waals surface area contributed by atoms with E-state index >= 15 is 0 Å².